The molecule has 2 amide bonds. The first-order valence-electron chi connectivity index (χ1n) is 13.2. The third-order valence-electron chi connectivity index (χ3n) is 7.42. The van der Waals surface area contributed by atoms with Gasteiger partial charge in [0, 0.05) is 49.0 Å². The lowest BCUT2D eigenvalue weighted by Crippen LogP contribution is -2.40. The van der Waals surface area contributed by atoms with Crippen LogP contribution in [-0.4, -0.2) is 54.2 Å². The Balaban J connectivity index is 1.22. The van der Waals surface area contributed by atoms with Gasteiger partial charge >= 0.3 is 6.03 Å². The van der Waals surface area contributed by atoms with E-state index in [1.807, 2.05) is 18.2 Å². The third kappa shape index (κ3) is 7.11. The van der Waals surface area contributed by atoms with E-state index in [-0.39, 0.29) is 12.1 Å². The lowest BCUT2D eigenvalue weighted by Gasteiger charge is -2.31. The van der Waals surface area contributed by atoms with Crippen molar-refractivity contribution in [3.63, 3.8) is 0 Å². The molecule has 1 saturated carbocycles. The van der Waals surface area contributed by atoms with Crippen LogP contribution in [-0.2, 0) is 0 Å². The topological polar surface area (TPSA) is 93.5 Å². The minimum atomic E-state index is -0.303. The van der Waals surface area contributed by atoms with Crippen LogP contribution in [0.15, 0.2) is 42.6 Å². The molecule has 0 bridgehead atoms. The van der Waals surface area contributed by atoms with Crippen LogP contribution in [0, 0.1) is 11.3 Å². The van der Waals surface area contributed by atoms with Crippen molar-refractivity contribution in [2.24, 2.45) is 0 Å². The third-order valence-corrected chi connectivity index (χ3v) is 7.42. The number of urea groups is 1. The summed E-state index contributed by atoms with van der Waals surface area (Å²) < 4.78 is 5.88. The van der Waals surface area contributed by atoms with Gasteiger partial charge in [-0.15, -0.1) is 0 Å². The zero-order valence-electron chi connectivity index (χ0n) is 21.4. The normalized spacial score (nSPS) is 18.7. The van der Waals surface area contributed by atoms with Gasteiger partial charge in [0.25, 0.3) is 0 Å². The number of ether oxygens (including phenoxy) is 1. The number of nitrogens with one attached hydrogen (secondary N) is 2. The zero-order chi connectivity index (χ0) is 25.3. The Kier molecular flexibility index (Phi) is 9.01. The second-order valence-electron chi connectivity index (χ2n) is 9.99. The molecule has 1 saturated heterocycles. The first kappa shape index (κ1) is 25.8. The lowest BCUT2D eigenvalue weighted by molar-refractivity contribution is 0.186. The highest BCUT2D eigenvalue weighted by atomic mass is 16.5. The Labute approximate surface area is 214 Å². The van der Waals surface area contributed by atoms with Gasteiger partial charge in [0.2, 0.25) is 5.88 Å². The molecule has 4 rings (SSSR count). The molecular weight excluding hydrogens is 452 g/mol. The fraction of sp³-hybridized carbons (Fsp3) is 0.536. The molecule has 1 aromatic heterocycles. The summed E-state index contributed by atoms with van der Waals surface area (Å²) in [6, 6.07) is 14.5. The molecule has 1 aromatic carbocycles. The Morgan fingerprint density at radius 3 is 2.58 bits per heavy atom. The standard InChI is InChI=1S/C28H38N6O2/c1-21(7-5-6-17-29)33(2)25-16-18-34(20-25)24-13-10-22(11-14-24)31-28(35)32-23-12-15-27(30-19-23)36-26-8-3-4-9-26/h10-15,19,21,25-26H,3-9,16,18,20H2,1-2H3,(H2,31,32,35). The van der Waals surface area contributed by atoms with E-state index in [0.717, 1.165) is 56.6 Å². The second-order valence-corrected chi connectivity index (χ2v) is 9.99. The van der Waals surface area contributed by atoms with Crippen LogP contribution in [0.2, 0.25) is 0 Å². The van der Waals surface area contributed by atoms with Crippen molar-refractivity contribution in [2.75, 3.05) is 35.7 Å². The van der Waals surface area contributed by atoms with Crippen LogP contribution in [0.3, 0.4) is 0 Å². The SMILES string of the molecule is CC(CCCC#N)N(C)C1CCN(c2ccc(NC(=O)Nc3ccc(OC4CCCC4)nc3)cc2)C1. The molecular formula is C28H38N6O2. The molecule has 8 nitrogen and oxygen atoms in total. The van der Waals surface area contributed by atoms with Gasteiger partial charge in [-0.25, -0.2) is 9.78 Å². The van der Waals surface area contributed by atoms with Gasteiger partial charge in [-0.05, 0) is 89.2 Å². The molecule has 0 radical (unpaired) electrons. The van der Waals surface area contributed by atoms with Crippen molar-refractivity contribution in [3.05, 3.63) is 42.6 Å². The number of nitrogens with zero attached hydrogens (tertiary/aromatic N) is 4. The summed E-state index contributed by atoms with van der Waals surface area (Å²) >= 11 is 0. The molecule has 2 atom stereocenters. The van der Waals surface area contributed by atoms with Gasteiger partial charge in [-0.3, -0.25) is 4.90 Å². The number of likely N-dealkylation sites (N-methyl/N-ethyl adjacent to an activating group) is 1. The zero-order valence-corrected chi connectivity index (χ0v) is 21.4. The van der Waals surface area contributed by atoms with E-state index in [0.29, 0.717) is 30.1 Å². The molecule has 8 heteroatoms. The molecule has 1 aliphatic carbocycles. The molecule has 192 valence electrons. The number of amides is 2. The summed E-state index contributed by atoms with van der Waals surface area (Å²) in [6.07, 6.45) is 10.2. The van der Waals surface area contributed by atoms with Gasteiger partial charge < -0.3 is 20.3 Å². The highest BCUT2D eigenvalue weighted by Gasteiger charge is 2.28. The number of nitriles is 1. The minimum Gasteiger partial charge on any atom is -0.474 e. The van der Waals surface area contributed by atoms with Crippen molar-refractivity contribution >= 4 is 23.1 Å². The van der Waals surface area contributed by atoms with Crippen LogP contribution in [0.5, 0.6) is 5.88 Å². The van der Waals surface area contributed by atoms with E-state index in [1.54, 1.807) is 12.3 Å². The molecule has 2 N–H and O–H groups in total. The number of anilines is 3. The summed E-state index contributed by atoms with van der Waals surface area (Å²) in [5.41, 5.74) is 2.53. The highest BCUT2D eigenvalue weighted by Crippen LogP contribution is 2.26. The summed E-state index contributed by atoms with van der Waals surface area (Å²) in [7, 11) is 2.20. The molecule has 2 aliphatic rings. The van der Waals surface area contributed by atoms with Gasteiger partial charge in [-0.2, -0.15) is 5.26 Å². The van der Waals surface area contributed by atoms with Crippen LogP contribution >= 0.6 is 0 Å². The second kappa shape index (κ2) is 12.6. The van der Waals surface area contributed by atoms with Gasteiger partial charge in [0.15, 0.2) is 0 Å². The predicted octanol–water partition coefficient (Wildman–Crippen LogP) is 5.64. The van der Waals surface area contributed by atoms with Crippen molar-refractivity contribution < 1.29 is 9.53 Å². The highest BCUT2D eigenvalue weighted by molar-refractivity contribution is 5.99. The number of aromatic nitrogens is 1. The number of pyridine rings is 1. The number of hydrogen-bond acceptors (Lipinski definition) is 6. The first-order chi connectivity index (χ1) is 17.5. The average molecular weight is 491 g/mol. The quantitative estimate of drug-likeness (QED) is 0.419. The number of carbonyl (C=O) groups excluding carboxylic acids is 1. The first-order valence-corrected chi connectivity index (χ1v) is 13.2. The fourth-order valence-electron chi connectivity index (χ4n) is 5.10. The fourth-order valence-corrected chi connectivity index (χ4v) is 5.10. The van der Waals surface area contributed by atoms with Crippen molar-refractivity contribution in [2.45, 2.75) is 76.5 Å². The van der Waals surface area contributed by atoms with E-state index in [4.69, 9.17) is 10.00 Å². The molecule has 2 aromatic rings. The van der Waals surface area contributed by atoms with Gasteiger partial charge in [0.05, 0.1) is 18.0 Å². The summed E-state index contributed by atoms with van der Waals surface area (Å²) in [6.45, 7) is 4.25. The van der Waals surface area contributed by atoms with Crippen LogP contribution in [0.25, 0.3) is 0 Å². The van der Waals surface area contributed by atoms with E-state index in [9.17, 15) is 4.79 Å². The van der Waals surface area contributed by atoms with Gasteiger partial charge in [0.1, 0.15) is 6.10 Å². The van der Waals surface area contributed by atoms with Crippen molar-refractivity contribution in [1.29, 1.82) is 5.26 Å². The Hall–Kier alpha value is -3.31. The van der Waals surface area contributed by atoms with Crippen LogP contribution in [0.4, 0.5) is 21.9 Å². The van der Waals surface area contributed by atoms with E-state index < -0.39 is 0 Å². The number of rotatable bonds is 10. The summed E-state index contributed by atoms with van der Waals surface area (Å²) in [5, 5.41) is 14.5. The largest absolute Gasteiger partial charge is 0.474 e. The number of hydrogen-bond donors (Lipinski definition) is 2. The number of benzene rings is 1. The van der Waals surface area contributed by atoms with Crippen LogP contribution < -0.4 is 20.3 Å². The van der Waals surface area contributed by atoms with Crippen LogP contribution in [0.1, 0.15) is 58.3 Å². The smallest absolute Gasteiger partial charge is 0.323 e. The van der Waals surface area contributed by atoms with Crippen molar-refractivity contribution in [3.8, 4) is 11.9 Å². The maximum Gasteiger partial charge on any atom is 0.323 e. The maximum atomic E-state index is 12.4. The van der Waals surface area contributed by atoms with Crippen molar-refractivity contribution in [1.82, 2.24) is 9.88 Å². The molecule has 2 fully saturated rings. The number of carbonyl (C=O) groups is 1. The van der Waals surface area contributed by atoms with E-state index in [1.165, 1.54) is 12.8 Å². The summed E-state index contributed by atoms with van der Waals surface area (Å²) in [5.74, 6) is 0.604. The Morgan fingerprint density at radius 1 is 1.17 bits per heavy atom. The molecule has 36 heavy (non-hydrogen) atoms. The maximum absolute atomic E-state index is 12.4. The Bertz CT molecular complexity index is 1010. The lowest BCUT2D eigenvalue weighted by atomic mass is 10.1. The average Bonchev–Trinajstić information content (AvgIpc) is 3.58. The monoisotopic (exact) mass is 490 g/mol. The summed E-state index contributed by atoms with van der Waals surface area (Å²) in [4.78, 5) is 21.6. The molecule has 2 unspecified atom stereocenters. The minimum absolute atomic E-state index is 0.263. The molecule has 1 aliphatic heterocycles. The van der Waals surface area contributed by atoms with E-state index in [2.05, 4.69) is 57.6 Å². The molecule has 0 spiro atoms. The van der Waals surface area contributed by atoms with E-state index >= 15 is 0 Å². The van der Waals surface area contributed by atoms with Gasteiger partial charge in [-0.1, -0.05) is 0 Å². The number of unbranched alkanes of at least 4 members (excludes halogenated alkanes) is 1. The predicted molar refractivity (Wildman–Crippen MR) is 144 cm³/mol. The Morgan fingerprint density at radius 2 is 1.89 bits per heavy atom. The molecule has 2 heterocycles.